The summed E-state index contributed by atoms with van der Waals surface area (Å²) in [5, 5.41) is 9.48. The molecule has 7 heteroatoms. The first-order valence-corrected chi connectivity index (χ1v) is 7.69. The van der Waals surface area contributed by atoms with Gasteiger partial charge in [0.15, 0.2) is 0 Å². The smallest absolute Gasteiger partial charge is 0.305 e. The number of hydrogen-bond donors (Lipinski definition) is 1. The fourth-order valence-electron chi connectivity index (χ4n) is 2.90. The number of carboxylic acids is 1. The molecule has 1 fully saturated rings. The predicted octanol–water partition coefficient (Wildman–Crippen LogP) is 1.98. The van der Waals surface area contributed by atoms with Crippen molar-refractivity contribution in [2.45, 2.75) is 31.4 Å². The van der Waals surface area contributed by atoms with Crippen molar-refractivity contribution in [2.24, 2.45) is 0 Å². The van der Waals surface area contributed by atoms with Crippen LogP contribution in [0.1, 0.15) is 18.4 Å². The number of halogens is 1. The molecule has 1 aliphatic heterocycles. The molecule has 0 radical (unpaired) electrons. The van der Waals surface area contributed by atoms with Crippen molar-refractivity contribution in [1.29, 1.82) is 0 Å². The lowest BCUT2D eigenvalue weighted by atomic mass is 10.1. The van der Waals surface area contributed by atoms with Crippen LogP contribution >= 0.6 is 11.6 Å². The van der Waals surface area contributed by atoms with Crippen LogP contribution in [0.25, 0.3) is 0 Å². The van der Waals surface area contributed by atoms with Gasteiger partial charge in [0.25, 0.3) is 0 Å². The largest absolute Gasteiger partial charge is 0.496 e. The Hall–Kier alpha value is -1.79. The zero-order valence-electron chi connectivity index (χ0n) is 13.1. The van der Waals surface area contributed by atoms with Gasteiger partial charge in [-0.25, -0.2) is 0 Å². The van der Waals surface area contributed by atoms with Crippen molar-refractivity contribution < 1.29 is 24.2 Å². The van der Waals surface area contributed by atoms with Crippen LogP contribution in [0.5, 0.6) is 5.75 Å². The van der Waals surface area contributed by atoms with E-state index in [-0.39, 0.29) is 30.9 Å². The lowest BCUT2D eigenvalue weighted by Crippen LogP contribution is -2.38. The van der Waals surface area contributed by atoms with Crippen LogP contribution < -0.4 is 4.74 Å². The predicted molar refractivity (Wildman–Crippen MR) is 84.9 cm³/mol. The van der Waals surface area contributed by atoms with Crippen molar-refractivity contribution in [3.8, 4) is 5.75 Å². The van der Waals surface area contributed by atoms with E-state index in [1.165, 1.54) is 7.11 Å². The Labute approximate surface area is 139 Å². The molecule has 1 saturated heterocycles. The number of benzene rings is 1. The minimum absolute atomic E-state index is 0.0649. The molecule has 1 aliphatic rings. The second-order valence-electron chi connectivity index (χ2n) is 5.49. The molecule has 1 amide bonds. The molecule has 1 heterocycles. The van der Waals surface area contributed by atoms with Crippen molar-refractivity contribution in [3.63, 3.8) is 0 Å². The van der Waals surface area contributed by atoms with Crippen LogP contribution in [0.3, 0.4) is 0 Å². The van der Waals surface area contributed by atoms with E-state index in [2.05, 4.69) is 0 Å². The lowest BCUT2D eigenvalue weighted by Gasteiger charge is -2.24. The second kappa shape index (κ2) is 7.66. The van der Waals surface area contributed by atoms with Gasteiger partial charge in [-0.3, -0.25) is 9.59 Å². The molecule has 1 aromatic rings. The number of carbonyl (C=O) groups is 2. The third-order valence-corrected chi connectivity index (χ3v) is 4.42. The minimum atomic E-state index is -0.931. The van der Waals surface area contributed by atoms with Crippen LogP contribution in [0.4, 0.5) is 0 Å². The summed E-state index contributed by atoms with van der Waals surface area (Å²) in [7, 11) is 3.08. The number of carbonyl (C=O) groups excluding carboxylic acids is 1. The molecular formula is C16H20ClNO5. The molecule has 0 bridgehead atoms. The van der Waals surface area contributed by atoms with Gasteiger partial charge in [0.2, 0.25) is 5.91 Å². The van der Waals surface area contributed by atoms with E-state index < -0.39 is 5.97 Å². The maximum absolute atomic E-state index is 12.7. The van der Waals surface area contributed by atoms with Crippen molar-refractivity contribution >= 4 is 23.5 Å². The number of aliphatic carboxylic acids is 1. The summed E-state index contributed by atoms with van der Waals surface area (Å²) >= 11 is 6.17. The summed E-state index contributed by atoms with van der Waals surface area (Å²) in [4.78, 5) is 25.2. The summed E-state index contributed by atoms with van der Waals surface area (Å²) in [6.07, 6.45) is 0.353. The van der Waals surface area contributed by atoms with Crippen molar-refractivity contribution in [2.75, 3.05) is 20.8 Å². The van der Waals surface area contributed by atoms with Gasteiger partial charge in [0.05, 0.1) is 26.1 Å². The summed E-state index contributed by atoms with van der Waals surface area (Å²) < 4.78 is 10.5. The van der Waals surface area contributed by atoms with Gasteiger partial charge < -0.3 is 19.5 Å². The molecule has 23 heavy (non-hydrogen) atoms. The molecule has 1 N–H and O–H groups in total. The molecule has 2 unspecified atom stereocenters. The Morgan fingerprint density at radius 2 is 2.13 bits per heavy atom. The van der Waals surface area contributed by atoms with Gasteiger partial charge in [-0.2, -0.15) is 0 Å². The summed E-state index contributed by atoms with van der Waals surface area (Å²) in [6, 6.07) is 4.83. The number of hydrogen-bond acceptors (Lipinski definition) is 4. The standard InChI is InChI=1S/C16H20ClNO5/c1-22-11-6-10(7-16(20)21)18(9-11)15(19)8-12-13(17)4-3-5-14(12)23-2/h3-5,10-11H,6-9H2,1-2H3,(H,20,21). The molecule has 2 rings (SSSR count). The molecule has 0 spiro atoms. The zero-order valence-corrected chi connectivity index (χ0v) is 13.9. The molecular weight excluding hydrogens is 322 g/mol. The highest BCUT2D eigenvalue weighted by atomic mass is 35.5. The Kier molecular flexibility index (Phi) is 5.85. The van der Waals surface area contributed by atoms with Crippen LogP contribution in [0, 0.1) is 0 Å². The first kappa shape index (κ1) is 17.6. The van der Waals surface area contributed by atoms with Gasteiger partial charge in [0, 0.05) is 30.3 Å². The Balaban J connectivity index is 2.17. The Morgan fingerprint density at radius 3 is 2.74 bits per heavy atom. The monoisotopic (exact) mass is 341 g/mol. The lowest BCUT2D eigenvalue weighted by molar-refractivity contribution is -0.139. The molecule has 6 nitrogen and oxygen atoms in total. The highest BCUT2D eigenvalue weighted by molar-refractivity contribution is 6.31. The number of nitrogens with zero attached hydrogens (tertiary/aromatic N) is 1. The normalized spacial score (nSPS) is 20.6. The van der Waals surface area contributed by atoms with E-state index >= 15 is 0 Å². The van der Waals surface area contributed by atoms with Gasteiger partial charge in [0.1, 0.15) is 5.75 Å². The van der Waals surface area contributed by atoms with Crippen LogP contribution in [-0.2, 0) is 20.7 Å². The van der Waals surface area contributed by atoms with Crippen molar-refractivity contribution in [3.05, 3.63) is 28.8 Å². The van der Waals surface area contributed by atoms with Crippen LogP contribution in [0.15, 0.2) is 18.2 Å². The number of amides is 1. The minimum Gasteiger partial charge on any atom is -0.496 e. The van der Waals surface area contributed by atoms with E-state index in [0.717, 1.165) is 0 Å². The average Bonchev–Trinajstić information content (AvgIpc) is 2.91. The zero-order chi connectivity index (χ0) is 17.0. The van der Waals surface area contributed by atoms with E-state index in [0.29, 0.717) is 29.3 Å². The second-order valence-corrected chi connectivity index (χ2v) is 5.90. The highest BCUT2D eigenvalue weighted by Crippen LogP contribution is 2.29. The van der Waals surface area contributed by atoms with E-state index in [9.17, 15) is 9.59 Å². The van der Waals surface area contributed by atoms with Gasteiger partial charge in [-0.05, 0) is 18.6 Å². The highest BCUT2D eigenvalue weighted by Gasteiger charge is 2.36. The van der Waals surface area contributed by atoms with Crippen molar-refractivity contribution in [1.82, 2.24) is 4.90 Å². The third-order valence-electron chi connectivity index (χ3n) is 4.06. The molecule has 1 aromatic carbocycles. The number of ether oxygens (including phenoxy) is 2. The van der Waals surface area contributed by atoms with Gasteiger partial charge in [-0.1, -0.05) is 17.7 Å². The van der Waals surface area contributed by atoms with Gasteiger partial charge in [-0.15, -0.1) is 0 Å². The van der Waals surface area contributed by atoms with E-state index in [4.69, 9.17) is 26.2 Å². The quantitative estimate of drug-likeness (QED) is 0.856. The SMILES string of the molecule is COc1cccc(Cl)c1CC(=O)N1CC(OC)CC1CC(=O)O. The first-order chi connectivity index (χ1) is 11.0. The number of methoxy groups -OCH3 is 2. The van der Waals surface area contributed by atoms with Crippen LogP contribution in [0.2, 0.25) is 5.02 Å². The number of carboxylic acid groups (broad SMARTS) is 1. The molecule has 0 aromatic heterocycles. The Bertz CT molecular complexity index is 592. The molecule has 2 atom stereocenters. The van der Waals surface area contributed by atoms with Crippen LogP contribution in [-0.4, -0.2) is 54.8 Å². The summed E-state index contributed by atoms with van der Waals surface area (Å²) in [5.41, 5.74) is 0.608. The maximum Gasteiger partial charge on any atom is 0.305 e. The number of likely N-dealkylation sites (tertiary alicyclic amines) is 1. The van der Waals surface area contributed by atoms with Gasteiger partial charge >= 0.3 is 5.97 Å². The fourth-order valence-corrected chi connectivity index (χ4v) is 3.13. The average molecular weight is 342 g/mol. The maximum atomic E-state index is 12.7. The molecule has 0 saturated carbocycles. The molecule has 0 aliphatic carbocycles. The summed E-state index contributed by atoms with van der Waals surface area (Å²) in [6.45, 7) is 0.389. The fraction of sp³-hybridized carbons (Fsp3) is 0.500. The third kappa shape index (κ3) is 4.14. The first-order valence-electron chi connectivity index (χ1n) is 7.31. The molecule has 126 valence electrons. The number of rotatable bonds is 6. The topological polar surface area (TPSA) is 76.1 Å². The van der Waals surface area contributed by atoms with E-state index in [1.807, 2.05) is 0 Å². The summed E-state index contributed by atoms with van der Waals surface area (Å²) in [5.74, 6) is -0.565. The van der Waals surface area contributed by atoms with E-state index in [1.54, 1.807) is 30.2 Å². The Morgan fingerprint density at radius 1 is 1.39 bits per heavy atom.